The fraction of sp³-hybridized carbons (Fsp3) is 0.433. The fourth-order valence-electron chi connectivity index (χ4n) is 6.35. The largest absolute Gasteiger partial charge is 0.497 e. The van der Waals surface area contributed by atoms with E-state index in [0.29, 0.717) is 17.1 Å². The number of H-pyrrole nitrogens is 2. The molecule has 2 N–H and O–H groups in total. The number of hydrogen-bond acceptors (Lipinski definition) is 3. The van der Waals surface area contributed by atoms with Gasteiger partial charge in [-0.05, 0) is 93.4 Å². The molecule has 2 fully saturated rings. The van der Waals surface area contributed by atoms with Crippen LogP contribution in [0.5, 0.6) is 5.75 Å². The molecular formula is C30H34F2N4O2. The van der Waals surface area contributed by atoms with Gasteiger partial charge < -0.3 is 24.5 Å². The second kappa shape index (κ2) is 10.4. The van der Waals surface area contributed by atoms with Crippen LogP contribution in [0.4, 0.5) is 8.78 Å². The number of hydrogen-bond donors (Lipinski definition) is 2. The molecule has 0 unspecified atom stereocenters. The molecule has 200 valence electrons. The number of carbonyl (C=O) groups is 1. The van der Waals surface area contributed by atoms with Crippen molar-refractivity contribution in [2.24, 2.45) is 0 Å². The Morgan fingerprint density at radius 2 is 1.82 bits per heavy atom. The Morgan fingerprint density at radius 3 is 2.63 bits per heavy atom. The number of likely N-dealkylation sites (tertiary alicyclic amines) is 2. The van der Waals surface area contributed by atoms with Gasteiger partial charge in [0.1, 0.15) is 11.4 Å². The third kappa shape index (κ3) is 4.77. The predicted octanol–water partition coefficient (Wildman–Crippen LogP) is 6.20. The number of nitrogens with zero attached hydrogens (tertiary/aromatic N) is 2. The zero-order valence-corrected chi connectivity index (χ0v) is 21.7. The van der Waals surface area contributed by atoms with Gasteiger partial charge in [0.15, 0.2) is 11.6 Å². The molecule has 2 aromatic carbocycles. The number of halogens is 2. The summed E-state index contributed by atoms with van der Waals surface area (Å²) in [5.74, 6) is -0.430. The molecule has 0 spiro atoms. The minimum atomic E-state index is -0.819. The molecule has 0 aliphatic carbocycles. The summed E-state index contributed by atoms with van der Waals surface area (Å²) in [7, 11) is 1.65. The number of rotatable bonds is 6. The summed E-state index contributed by atoms with van der Waals surface area (Å²) in [4.78, 5) is 24.5. The molecule has 2 saturated heterocycles. The van der Waals surface area contributed by atoms with Gasteiger partial charge in [-0.25, -0.2) is 8.78 Å². The van der Waals surface area contributed by atoms with Gasteiger partial charge in [-0.2, -0.15) is 0 Å². The van der Waals surface area contributed by atoms with Crippen molar-refractivity contribution in [2.75, 3.05) is 33.3 Å². The predicted molar refractivity (Wildman–Crippen MR) is 145 cm³/mol. The zero-order chi connectivity index (χ0) is 26.2. The van der Waals surface area contributed by atoms with Crippen molar-refractivity contribution < 1.29 is 18.3 Å². The highest BCUT2D eigenvalue weighted by molar-refractivity contribution is 5.98. The summed E-state index contributed by atoms with van der Waals surface area (Å²) >= 11 is 0. The van der Waals surface area contributed by atoms with Gasteiger partial charge in [0.05, 0.1) is 7.11 Å². The second-order valence-corrected chi connectivity index (χ2v) is 10.7. The van der Waals surface area contributed by atoms with Crippen molar-refractivity contribution in [2.45, 2.75) is 50.5 Å². The number of fused-ring (bicyclic) bond motifs is 2. The van der Waals surface area contributed by atoms with Crippen molar-refractivity contribution in [1.29, 1.82) is 0 Å². The number of benzene rings is 2. The second-order valence-electron chi connectivity index (χ2n) is 10.7. The van der Waals surface area contributed by atoms with Crippen LogP contribution in [0, 0.1) is 11.6 Å². The first-order chi connectivity index (χ1) is 18.5. The standard InChI is InChI=1S/C30H34F2N4O2/c1-38-22-5-6-27-20(14-22)15-29(34-27)30(37)36-10-3-2-4-21(36)9-13-35-11-7-19(8-12-35)24-18-33-28-17-26(32)25(31)16-23(24)28/h5-6,14-19,21,33-34H,2-4,7-13H2,1H3/t21-/m0/s1. The Morgan fingerprint density at radius 1 is 1.00 bits per heavy atom. The highest BCUT2D eigenvalue weighted by Gasteiger charge is 2.30. The lowest BCUT2D eigenvalue weighted by atomic mass is 9.89. The molecule has 4 heterocycles. The van der Waals surface area contributed by atoms with Crippen LogP contribution in [0.2, 0.25) is 0 Å². The first kappa shape index (κ1) is 24.9. The number of amides is 1. The summed E-state index contributed by atoms with van der Waals surface area (Å²) in [6.45, 7) is 3.68. The molecule has 6 rings (SSSR count). The first-order valence-electron chi connectivity index (χ1n) is 13.7. The normalized spacial score (nSPS) is 19.4. The van der Waals surface area contributed by atoms with E-state index in [9.17, 15) is 13.6 Å². The quantitative estimate of drug-likeness (QED) is 0.318. The molecular weight excluding hydrogens is 486 g/mol. The number of carbonyl (C=O) groups excluding carboxylic acids is 1. The van der Waals surface area contributed by atoms with Gasteiger partial charge >= 0.3 is 0 Å². The Labute approximate surface area is 220 Å². The van der Waals surface area contributed by atoms with Crippen LogP contribution >= 0.6 is 0 Å². The minimum Gasteiger partial charge on any atom is -0.497 e. The molecule has 1 amide bonds. The Hall–Kier alpha value is -3.39. The third-order valence-electron chi connectivity index (χ3n) is 8.51. The van der Waals surface area contributed by atoms with E-state index in [2.05, 4.69) is 19.8 Å². The highest BCUT2D eigenvalue weighted by Crippen LogP contribution is 2.34. The summed E-state index contributed by atoms with van der Waals surface area (Å²) < 4.78 is 32.8. The number of ether oxygens (including phenoxy) is 1. The van der Waals surface area contributed by atoms with Crippen LogP contribution < -0.4 is 4.74 Å². The number of methoxy groups -OCH3 is 1. The lowest BCUT2D eigenvalue weighted by Gasteiger charge is -2.38. The monoisotopic (exact) mass is 520 g/mol. The van der Waals surface area contributed by atoms with Crippen molar-refractivity contribution in [3.05, 3.63) is 65.5 Å². The first-order valence-corrected chi connectivity index (χ1v) is 13.7. The van der Waals surface area contributed by atoms with E-state index in [1.54, 1.807) is 7.11 Å². The van der Waals surface area contributed by atoms with Gasteiger partial charge in [0.25, 0.3) is 5.91 Å². The molecule has 6 nitrogen and oxygen atoms in total. The van der Waals surface area contributed by atoms with Crippen LogP contribution in [0.3, 0.4) is 0 Å². The SMILES string of the molecule is COc1ccc2[nH]c(C(=O)N3CCCC[C@H]3CCN3CCC(c4c[nH]c5cc(F)c(F)cc45)CC3)cc2c1. The summed E-state index contributed by atoms with van der Waals surface area (Å²) in [6, 6.07) is 10.5. The van der Waals surface area contributed by atoms with E-state index in [4.69, 9.17) is 4.74 Å². The maximum atomic E-state index is 13.9. The smallest absolute Gasteiger partial charge is 0.270 e. The van der Waals surface area contributed by atoms with Crippen molar-refractivity contribution >= 4 is 27.7 Å². The van der Waals surface area contributed by atoms with E-state index in [-0.39, 0.29) is 11.9 Å². The van der Waals surface area contributed by atoms with Gasteiger partial charge in [-0.3, -0.25) is 4.79 Å². The number of piperidine rings is 2. The fourth-order valence-corrected chi connectivity index (χ4v) is 6.35. The maximum absolute atomic E-state index is 13.9. The molecule has 0 bridgehead atoms. The van der Waals surface area contributed by atoms with Crippen LogP contribution in [-0.4, -0.2) is 65.0 Å². The van der Waals surface area contributed by atoms with Crippen molar-refractivity contribution in [3.63, 3.8) is 0 Å². The molecule has 4 aromatic rings. The number of nitrogens with one attached hydrogen (secondary N) is 2. The Kier molecular flexibility index (Phi) is 6.82. The van der Waals surface area contributed by atoms with Gasteiger partial charge in [0, 0.05) is 53.2 Å². The molecule has 8 heteroatoms. The van der Waals surface area contributed by atoms with Crippen LogP contribution in [0.25, 0.3) is 21.8 Å². The summed E-state index contributed by atoms with van der Waals surface area (Å²) in [5, 5.41) is 1.77. The van der Waals surface area contributed by atoms with E-state index in [1.807, 2.05) is 30.5 Å². The minimum absolute atomic E-state index is 0.0755. The van der Waals surface area contributed by atoms with Crippen LogP contribution in [0.15, 0.2) is 42.6 Å². The van der Waals surface area contributed by atoms with Crippen LogP contribution in [-0.2, 0) is 0 Å². The third-order valence-corrected chi connectivity index (χ3v) is 8.51. The Balaban J connectivity index is 1.07. The molecule has 2 aromatic heterocycles. The Bertz CT molecular complexity index is 1450. The average Bonchev–Trinajstić information content (AvgIpc) is 3.56. The average molecular weight is 521 g/mol. The van der Waals surface area contributed by atoms with Gasteiger partial charge in [-0.1, -0.05) is 0 Å². The van der Waals surface area contributed by atoms with Crippen LogP contribution in [0.1, 0.15) is 60.5 Å². The molecule has 0 radical (unpaired) electrons. The van der Waals surface area contributed by atoms with Gasteiger partial charge in [-0.15, -0.1) is 0 Å². The van der Waals surface area contributed by atoms with E-state index >= 15 is 0 Å². The molecule has 2 aliphatic heterocycles. The molecule has 0 saturated carbocycles. The number of aromatic amines is 2. The van der Waals surface area contributed by atoms with Crippen molar-refractivity contribution in [3.8, 4) is 5.75 Å². The molecule has 1 atom stereocenters. The van der Waals surface area contributed by atoms with Gasteiger partial charge in [0.2, 0.25) is 0 Å². The lowest BCUT2D eigenvalue weighted by Crippen LogP contribution is -2.46. The molecule has 2 aliphatic rings. The lowest BCUT2D eigenvalue weighted by molar-refractivity contribution is 0.0573. The summed E-state index contributed by atoms with van der Waals surface area (Å²) in [5.41, 5.74) is 3.31. The number of aromatic nitrogens is 2. The van der Waals surface area contributed by atoms with E-state index < -0.39 is 11.6 Å². The highest BCUT2D eigenvalue weighted by atomic mass is 19.2. The molecule has 38 heavy (non-hydrogen) atoms. The zero-order valence-electron chi connectivity index (χ0n) is 21.7. The summed E-state index contributed by atoms with van der Waals surface area (Å²) in [6.07, 6.45) is 8.07. The topological polar surface area (TPSA) is 64.4 Å². The van der Waals surface area contributed by atoms with E-state index in [1.165, 1.54) is 12.1 Å². The van der Waals surface area contributed by atoms with E-state index in [0.717, 1.165) is 92.3 Å². The van der Waals surface area contributed by atoms with Crippen molar-refractivity contribution in [1.82, 2.24) is 19.8 Å². The maximum Gasteiger partial charge on any atom is 0.270 e.